The first-order valence-corrected chi connectivity index (χ1v) is 6.89. The summed E-state index contributed by atoms with van der Waals surface area (Å²) in [6.45, 7) is 4.20. The van der Waals surface area contributed by atoms with Crippen LogP contribution < -0.4 is 0 Å². The second kappa shape index (κ2) is 5.88. The van der Waals surface area contributed by atoms with Crippen molar-refractivity contribution in [3.05, 3.63) is 42.2 Å². The lowest BCUT2D eigenvalue weighted by Gasteiger charge is -2.11. The summed E-state index contributed by atoms with van der Waals surface area (Å²) in [6.07, 6.45) is 5.17. The maximum atomic E-state index is 10.8. The van der Waals surface area contributed by atoms with Gasteiger partial charge in [-0.2, -0.15) is 0 Å². The second-order valence-electron chi connectivity index (χ2n) is 4.36. The molecule has 2 rings (SSSR count). The minimum absolute atomic E-state index is 0.0716. The van der Waals surface area contributed by atoms with E-state index >= 15 is 0 Å². The summed E-state index contributed by atoms with van der Waals surface area (Å²) in [7, 11) is 0. The standard InChI is InChI=1S/C13H15N3O2S/c1-9(2)16-8-14-6-10(16)7-19-11-3-4-15-12(5-11)13(17)18/h3-6,8-9H,7H2,1-2H3,(H,17,18). The Morgan fingerprint density at radius 1 is 1.53 bits per heavy atom. The Bertz CT molecular complexity index is 581. The molecule has 2 aromatic heterocycles. The predicted molar refractivity (Wildman–Crippen MR) is 73.4 cm³/mol. The number of aromatic carboxylic acids is 1. The van der Waals surface area contributed by atoms with Crippen LogP contribution in [0.1, 0.15) is 36.1 Å². The highest BCUT2D eigenvalue weighted by Crippen LogP contribution is 2.24. The molecule has 0 radical (unpaired) electrons. The molecule has 0 amide bonds. The van der Waals surface area contributed by atoms with Gasteiger partial charge in [-0.1, -0.05) is 0 Å². The zero-order valence-corrected chi connectivity index (χ0v) is 11.6. The molecule has 6 heteroatoms. The molecule has 0 aliphatic carbocycles. The summed E-state index contributed by atoms with van der Waals surface area (Å²) in [5.41, 5.74) is 1.19. The van der Waals surface area contributed by atoms with Gasteiger partial charge in [-0.15, -0.1) is 11.8 Å². The lowest BCUT2D eigenvalue weighted by atomic mass is 10.3. The minimum Gasteiger partial charge on any atom is -0.477 e. The van der Waals surface area contributed by atoms with Crippen LogP contribution in [0.2, 0.25) is 0 Å². The van der Waals surface area contributed by atoms with Gasteiger partial charge in [-0.3, -0.25) is 0 Å². The van der Waals surface area contributed by atoms with Crippen LogP contribution in [0.4, 0.5) is 0 Å². The summed E-state index contributed by atoms with van der Waals surface area (Å²) in [5.74, 6) is -0.254. The fourth-order valence-electron chi connectivity index (χ4n) is 1.68. The third-order valence-electron chi connectivity index (χ3n) is 2.64. The van der Waals surface area contributed by atoms with E-state index in [1.165, 1.54) is 6.20 Å². The third-order valence-corrected chi connectivity index (χ3v) is 3.67. The fraction of sp³-hybridized carbons (Fsp3) is 0.308. The van der Waals surface area contributed by atoms with E-state index in [4.69, 9.17) is 5.11 Å². The highest BCUT2D eigenvalue weighted by molar-refractivity contribution is 7.98. The topological polar surface area (TPSA) is 68.0 Å². The Hall–Kier alpha value is -1.82. The smallest absolute Gasteiger partial charge is 0.354 e. The van der Waals surface area contributed by atoms with Gasteiger partial charge in [0.25, 0.3) is 0 Å². The number of carboxylic acid groups (broad SMARTS) is 1. The molecule has 0 atom stereocenters. The zero-order valence-electron chi connectivity index (χ0n) is 10.8. The molecule has 0 aliphatic heterocycles. The van der Waals surface area contributed by atoms with Crippen molar-refractivity contribution in [1.29, 1.82) is 0 Å². The van der Waals surface area contributed by atoms with E-state index in [1.54, 1.807) is 17.8 Å². The van der Waals surface area contributed by atoms with Crippen LogP contribution in [-0.4, -0.2) is 25.6 Å². The Morgan fingerprint density at radius 2 is 2.32 bits per heavy atom. The molecule has 0 unspecified atom stereocenters. The second-order valence-corrected chi connectivity index (χ2v) is 5.41. The third kappa shape index (κ3) is 3.35. The van der Waals surface area contributed by atoms with E-state index in [-0.39, 0.29) is 5.69 Å². The van der Waals surface area contributed by atoms with Crippen molar-refractivity contribution >= 4 is 17.7 Å². The van der Waals surface area contributed by atoms with Crippen LogP contribution in [0.3, 0.4) is 0 Å². The number of imidazole rings is 1. The average Bonchev–Trinajstić information content (AvgIpc) is 2.85. The molecule has 0 aromatic carbocycles. The van der Waals surface area contributed by atoms with Crippen molar-refractivity contribution in [2.24, 2.45) is 0 Å². The molecule has 0 spiro atoms. The molecule has 0 saturated carbocycles. The maximum absolute atomic E-state index is 10.8. The number of carbonyl (C=O) groups is 1. The summed E-state index contributed by atoms with van der Waals surface area (Å²) in [6, 6.07) is 3.76. The number of carboxylic acids is 1. The van der Waals surface area contributed by atoms with Gasteiger partial charge in [-0.25, -0.2) is 14.8 Å². The van der Waals surface area contributed by atoms with Crippen LogP contribution in [0, 0.1) is 0 Å². The molecular formula is C13H15N3O2S. The van der Waals surface area contributed by atoms with E-state index in [0.29, 0.717) is 6.04 Å². The SMILES string of the molecule is CC(C)n1cncc1CSc1ccnc(C(=O)O)c1. The molecular weight excluding hydrogens is 262 g/mol. The van der Waals surface area contributed by atoms with Gasteiger partial charge in [0.05, 0.1) is 6.33 Å². The fourth-order valence-corrected chi connectivity index (χ4v) is 2.57. The Morgan fingerprint density at radius 3 is 3.00 bits per heavy atom. The molecule has 100 valence electrons. The molecule has 2 heterocycles. The van der Waals surface area contributed by atoms with E-state index in [9.17, 15) is 4.79 Å². The van der Waals surface area contributed by atoms with Crippen molar-refractivity contribution in [2.75, 3.05) is 0 Å². The lowest BCUT2D eigenvalue weighted by Crippen LogP contribution is -2.03. The monoisotopic (exact) mass is 277 g/mol. The summed E-state index contributed by atoms with van der Waals surface area (Å²) >= 11 is 1.58. The van der Waals surface area contributed by atoms with Crippen LogP contribution in [0.5, 0.6) is 0 Å². The molecule has 2 aromatic rings. The largest absolute Gasteiger partial charge is 0.477 e. The van der Waals surface area contributed by atoms with Gasteiger partial charge < -0.3 is 9.67 Å². The maximum Gasteiger partial charge on any atom is 0.354 e. The number of hydrogen-bond acceptors (Lipinski definition) is 4. The first kappa shape index (κ1) is 13.6. The number of aromatic nitrogens is 3. The van der Waals surface area contributed by atoms with Crippen LogP contribution >= 0.6 is 11.8 Å². The quantitative estimate of drug-likeness (QED) is 0.851. The summed E-state index contributed by atoms with van der Waals surface area (Å²) in [5, 5.41) is 8.89. The molecule has 5 nitrogen and oxygen atoms in total. The first-order valence-electron chi connectivity index (χ1n) is 5.91. The summed E-state index contributed by atoms with van der Waals surface area (Å²) < 4.78 is 2.10. The van der Waals surface area contributed by atoms with Gasteiger partial charge >= 0.3 is 5.97 Å². The number of hydrogen-bond donors (Lipinski definition) is 1. The molecule has 0 bridgehead atoms. The van der Waals surface area contributed by atoms with Crippen LogP contribution in [0.25, 0.3) is 0 Å². The van der Waals surface area contributed by atoms with E-state index < -0.39 is 5.97 Å². The van der Waals surface area contributed by atoms with Gasteiger partial charge in [0.15, 0.2) is 0 Å². The number of thioether (sulfide) groups is 1. The Balaban J connectivity index is 2.08. The van der Waals surface area contributed by atoms with E-state index in [2.05, 4.69) is 28.4 Å². The predicted octanol–water partition coefficient (Wildman–Crippen LogP) is 2.85. The normalized spacial score (nSPS) is 10.9. The van der Waals surface area contributed by atoms with Gasteiger partial charge in [0, 0.05) is 34.8 Å². The molecule has 19 heavy (non-hydrogen) atoms. The number of nitrogens with zero attached hydrogens (tertiary/aromatic N) is 3. The number of rotatable bonds is 5. The highest BCUT2D eigenvalue weighted by Gasteiger charge is 2.08. The van der Waals surface area contributed by atoms with Crippen LogP contribution in [0.15, 0.2) is 35.7 Å². The minimum atomic E-state index is -1.00. The number of pyridine rings is 1. The lowest BCUT2D eigenvalue weighted by molar-refractivity contribution is 0.0690. The van der Waals surface area contributed by atoms with Crippen molar-refractivity contribution < 1.29 is 9.90 Å². The summed E-state index contributed by atoms with van der Waals surface area (Å²) in [4.78, 5) is 19.7. The average molecular weight is 277 g/mol. The van der Waals surface area contributed by atoms with Crippen LogP contribution in [-0.2, 0) is 5.75 Å². The van der Waals surface area contributed by atoms with Gasteiger partial charge in [0.1, 0.15) is 5.69 Å². The van der Waals surface area contributed by atoms with Gasteiger partial charge in [-0.05, 0) is 26.0 Å². The molecule has 0 saturated heterocycles. The molecule has 1 N–H and O–H groups in total. The Labute approximate surface area is 115 Å². The highest BCUT2D eigenvalue weighted by atomic mass is 32.2. The molecule has 0 aliphatic rings. The van der Waals surface area contributed by atoms with E-state index in [1.807, 2.05) is 18.6 Å². The van der Waals surface area contributed by atoms with Crippen molar-refractivity contribution in [1.82, 2.24) is 14.5 Å². The van der Waals surface area contributed by atoms with Crippen molar-refractivity contribution in [3.63, 3.8) is 0 Å². The van der Waals surface area contributed by atoms with E-state index in [0.717, 1.165) is 16.3 Å². The first-order chi connectivity index (χ1) is 9.08. The van der Waals surface area contributed by atoms with Gasteiger partial charge in [0.2, 0.25) is 0 Å². The van der Waals surface area contributed by atoms with Crippen molar-refractivity contribution in [2.45, 2.75) is 30.5 Å². The van der Waals surface area contributed by atoms with Crippen molar-refractivity contribution in [3.8, 4) is 0 Å². The zero-order chi connectivity index (χ0) is 13.8. The molecule has 0 fully saturated rings. The Kier molecular flexibility index (Phi) is 4.21.